The fourth-order valence-electron chi connectivity index (χ4n) is 1.34. The fourth-order valence-corrected chi connectivity index (χ4v) is 1.34. The van der Waals surface area contributed by atoms with Crippen LogP contribution in [0, 0.1) is 0 Å². The molecule has 0 aromatic heterocycles. The second-order valence-corrected chi connectivity index (χ2v) is 3.38. The average Bonchev–Trinajstić information content (AvgIpc) is 2.85. The van der Waals surface area contributed by atoms with Crippen LogP contribution in [-0.4, -0.2) is 0 Å². The van der Waals surface area contributed by atoms with Gasteiger partial charge in [-0.3, -0.25) is 5.84 Å². The van der Waals surface area contributed by atoms with Gasteiger partial charge in [0.05, 0.1) is 0 Å². The topological polar surface area (TPSA) is 64.1 Å². The van der Waals surface area contributed by atoms with E-state index >= 15 is 0 Å². The highest BCUT2D eigenvalue weighted by Gasteiger charge is 2.39. The Morgan fingerprint density at radius 3 is 2.67 bits per heavy atom. The van der Waals surface area contributed by atoms with Gasteiger partial charge in [0.25, 0.3) is 0 Å². The first kappa shape index (κ1) is 7.58. The molecule has 1 aromatic rings. The molecule has 0 spiro atoms. The van der Waals surface area contributed by atoms with Gasteiger partial charge in [-0.05, 0) is 30.5 Å². The van der Waals surface area contributed by atoms with Crippen LogP contribution in [0.5, 0.6) is 0 Å². The number of nitrogens with two attached hydrogens (primary N) is 2. The molecular weight excluding hydrogens is 150 g/mol. The number of hydrogen-bond acceptors (Lipinski definition) is 3. The van der Waals surface area contributed by atoms with Crippen molar-refractivity contribution in [2.45, 2.75) is 18.4 Å². The van der Waals surface area contributed by atoms with Crippen LogP contribution < -0.4 is 17.0 Å². The van der Waals surface area contributed by atoms with Crippen molar-refractivity contribution in [3.63, 3.8) is 0 Å². The molecule has 0 bridgehead atoms. The van der Waals surface area contributed by atoms with E-state index in [9.17, 15) is 0 Å². The van der Waals surface area contributed by atoms with Crippen molar-refractivity contribution < 1.29 is 0 Å². The van der Waals surface area contributed by atoms with Crippen molar-refractivity contribution in [2.75, 3.05) is 5.43 Å². The molecule has 0 radical (unpaired) electrons. The largest absolute Gasteiger partial charge is 0.324 e. The molecule has 0 unspecified atom stereocenters. The molecule has 0 atom stereocenters. The van der Waals surface area contributed by atoms with Crippen LogP contribution in [-0.2, 0) is 5.54 Å². The summed E-state index contributed by atoms with van der Waals surface area (Å²) in [5.74, 6) is 5.29. The van der Waals surface area contributed by atoms with Gasteiger partial charge >= 0.3 is 0 Å². The van der Waals surface area contributed by atoms with Crippen molar-refractivity contribution in [2.24, 2.45) is 11.6 Å². The zero-order chi connectivity index (χ0) is 8.60. The van der Waals surface area contributed by atoms with E-state index in [1.165, 1.54) is 5.56 Å². The summed E-state index contributed by atoms with van der Waals surface area (Å²) in [5.41, 5.74) is 10.7. The minimum absolute atomic E-state index is 0.0626. The lowest BCUT2D eigenvalue weighted by Gasteiger charge is -2.10. The molecule has 2 rings (SSSR count). The summed E-state index contributed by atoms with van der Waals surface area (Å²) >= 11 is 0. The number of hydrogen-bond donors (Lipinski definition) is 3. The molecule has 0 saturated heterocycles. The van der Waals surface area contributed by atoms with Gasteiger partial charge in [-0.25, -0.2) is 0 Å². The van der Waals surface area contributed by atoms with E-state index in [0.29, 0.717) is 0 Å². The molecule has 3 heteroatoms. The van der Waals surface area contributed by atoms with Gasteiger partial charge in [-0.2, -0.15) is 0 Å². The number of anilines is 1. The third kappa shape index (κ3) is 1.17. The molecule has 0 heterocycles. The van der Waals surface area contributed by atoms with Gasteiger partial charge in [0.15, 0.2) is 0 Å². The van der Waals surface area contributed by atoms with Gasteiger partial charge in [-0.15, -0.1) is 0 Å². The third-order valence-corrected chi connectivity index (χ3v) is 2.39. The molecular formula is C9H13N3. The highest BCUT2D eigenvalue weighted by atomic mass is 15.2. The smallest absolute Gasteiger partial charge is 0.0488 e. The number of benzene rings is 1. The summed E-state index contributed by atoms with van der Waals surface area (Å²) in [7, 11) is 0. The van der Waals surface area contributed by atoms with Gasteiger partial charge in [0.1, 0.15) is 0 Å². The van der Waals surface area contributed by atoms with Crippen molar-refractivity contribution in [1.82, 2.24) is 0 Å². The summed E-state index contributed by atoms with van der Waals surface area (Å²) in [6.45, 7) is 0. The lowest BCUT2D eigenvalue weighted by molar-refractivity contribution is 0.740. The number of nitrogens with one attached hydrogen (secondary N) is 1. The number of rotatable bonds is 2. The Morgan fingerprint density at radius 2 is 2.08 bits per heavy atom. The molecule has 1 aromatic carbocycles. The fraction of sp³-hybridized carbons (Fsp3) is 0.333. The second kappa shape index (κ2) is 2.47. The normalized spacial score (nSPS) is 18.8. The van der Waals surface area contributed by atoms with Crippen molar-refractivity contribution in [1.29, 1.82) is 0 Å². The first-order valence-electron chi connectivity index (χ1n) is 4.11. The molecule has 0 amide bonds. The molecule has 5 N–H and O–H groups in total. The van der Waals surface area contributed by atoms with Gasteiger partial charge in [0, 0.05) is 11.2 Å². The minimum Gasteiger partial charge on any atom is -0.324 e. The summed E-state index contributed by atoms with van der Waals surface area (Å²) < 4.78 is 0. The molecule has 1 fully saturated rings. The van der Waals surface area contributed by atoms with Gasteiger partial charge < -0.3 is 11.2 Å². The Bertz CT molecular complexity index is 292. The Balaban J connectivity index is 2.32. The van der Waals surface area contributed by atoms with E-state index in [1.54, 1.807) is 0 Å². The lowest BCUT2D eigenvalue weighted by atomic mass is 10.1. The predicted octanol–water partition coefficient (Wildman–Crippen LogP) is 0.920. The average molecular weight is 163 g/mol. The van der Waals surface area contributed by atoms with E-state index in [4.69, 9.17) is 11.6 Å². The van der Waals surface area contributed by atoms with E-state index in [2.05, 4.69) is 5.43 Å². The predicted molar refractivity (Wildman–Crippen MR) is 49.4 cm³/mol. The maximum Gasteiger partial charge on any atom is 0.0488 e. The van der Waals surface area contributed by atoms with Crippen molar-refractivity contribution in [3.8, 4) is 0 Å². The van der Waals surface area contributed by atoms with E-state index in [-0.39, 0.29) is 5.54 Å². The van der Waals surface area contributed by atoms with Gasteiger partial charge in [-0.1, -0.05) is 12.1 Å². The first-order valence-corrected chi connectivity index (χ1v) is 4.11. The highest BCUT2D eigenvalue weighted by molar-refractivity contribution is 5.47. The van der Waals surface area contributed by atoms with Gasteiger partial charge in [0.2, 0.25) is 0 Å². The zero-order valence-corrected chi connectivity index (χ0v) is 6.88. The molecule has 1 saturated carbocycles. The Morgan fingerprint density at radius 1 is 1.33 bits per heavy atom. The van der Waals surface area contributed by atoms with Crippen LogP contribution in [0.25, 0.3) is 0 Å². The summed E-state index contributed by atoms with van der Waals surface area (Å²) in [4.78, 5) is 0. The van der Waals surface area contributed by atoms with Crippen LogP contribution in [0.4, 0.5) is 5.69 Å². The second-order valence-electron chi connectivity index (χ2n) is 3.38. The van der Waals surface area contributed by atoms with Crippen LogP contribution in [0.2, 0.25) is 0 Å². The monoisotopic (exact) mass is 163 g/mol. The van der Waals surface area contributed by atoms with Crippen LogP contribution in [0.15, 0.2) is 24.3 Å². The van der Waals surface area contributed by atoms with E-state index < -0.39 is 0 Å². The van der Waals surface area contributed by atoms with Crippen molar-refractivity contribution >= 4 is 5.69 Å². The molecule has 1 aliphatic rings. The van der Waals surface area contributed by atoms with Crippen LogP contribution in [0.3, 0.4) is 0 Å². The SMILES string of the molecule is NNc1cccc(C2(N)CC2)c1. The third-order valence-electron chi connectivity index (χ3n) is 2.39. The van der Waals surface area contributed by atoms with E-state index in [0.717, 1.165) is 18.5 Å². The minimum atomic E-state index is -0.0626. The van der Waals surface area contributed by atoms with Crippen molar-refractivity contribution in [3.05, 3.63) is 29.8 Å². The standard InChI is InChI=1S/C9H13N3/c10-9(4-5-9)7-2-1-3-8(6-7)12-11/h1-3,6,12H,4-5,10-11H2. The molecule has 12 heavy (non-hydrogen) atoms. The van der Waals surface area contributed by atoms with Crippen LogP contribution >= 0.6 is 0 Å². The molecule has 64 valence electrons. The highest BCUT2D eigenvalue weighted by Crippen LogP contribution is 2.42. The maximum absolute atomic E-state index is 6.02. The Kier molecular flexibility index (Phi) is 1.56. The Hall–Kier alpha value is -1.06. The first-order chi connectivity index (χ1) is 5.74. The summed E-state index contributed by atoms with van der Waals surface area (Å²) in [6.07, 6.45) is 2.17. The summed E-state index contributed by atoms with van der Waals surface area (Å²) in [5, 5.41) is 0. The maximum atomic E-state index is 6.02. The molecule has 0 aliphatic heterocycles. The Labute approximate surface area is 71.7 Å². The number of nitrogen functional groups attached to an aromatic ring is 1. The zero-order valence-electron chi connectivity index (χ0n) is 6.88. The van der Waals surface area contributed by atoms with Crippen LogP contribution in [0.1, 0.15) is 18.4 Å². The molecule has 3 nitrogen and oxygen atoms in total. The quantitative estimate of drug-likeness (QED) is 0.448. The van der Waals surface area contributed by atoms with E-state index in [1.807, 2.05) is 24.3 Å². The molecule has 1 aliphatic carbocycles. The number of hydrazine groups is 1. The lowest BCUT2D eigenvalue weighted by Crippen LogP contribution is -2.19. The summed E-state index contributed by atoms with van der Waals surface area (Å²) in [6, 6.07) is 7.95.